The van der Waals surface area contributed by atoms with Crippen molar-refractivity contribution in [2.75, 3.05) is 0 Å². The monoisotopic (exact) mass is 400 g/mol. The van der Waals surface area contributed by atoms with Crippen LogP contribution in [0, 0.1) is 0 Å². The predicted molar refractivity (Wildman–Crippen MR) is 99.9 cm³/mol. The van der Waals surface area contributed by atoms with E-state index in [1.807, 2.05) is 0 Å². The maximum absolute atomic E-state index is 11.6. The van der Waals surface area contributed by atoms with Crippen LogP contribution in [0.15, 0.2) is 0 Å². The second-order valence-electron chi connectivity index (χ2n) is 7.01. The van der Waals surface area contributed by atoms with E-state index in [-0.39, 0.29) is 48.2 Å². The molecule has 0 aliphatic rings. The van der Waals surface area contributed by atoms with Gasteiger partial charge in [0.2, 0.25) is 0 Å². The van der Waals surface area contributed by atoms with E-state index in [9.17, 15) is 18.3 Å². The Kier molecular flexibility index (Phi) is 20.9. The van der Waals surface area contributed by atoms with Gasteiger partial charge in [-0.25, -0.2) is 8.42 Å². The zero-order valence-corrected chi connectivity index (χ0v) is 19.7. The molecular weight excluding hydrogens is 363 g/mol. The van der Waals surface area contributed by atoms with E-state index in [0.29, 0.717) is 6.42 Å². The van der Waals surface area contributed by atoms with E-state index in [1.165, 1.54) is 64.2 Å². The summed E-state index contributed by atoms with van der Waals surface area (Å²) in [7, 11) is -4.55. The first-order chi connectivity index (χ1) is 11.9. The van der Waals surface area contributed by atoms with E-state index in [0.717, 1.165) is 19.3 Å². The summed E-state index contributed by atoms with van der Waals surface area (Å²) in [6.07, 6.45) is 16.1. The Labute approximate surface area is 182 Å². The molecule has 0 amide bonds. The molecule has 0 rings (SSSR count). The average molecular weight is 401 g/mol. The molecule has 0 aliphatic heterocycles. The molecular formula is C19H37NaO5S. The Hall–Kier alpha value is 0.540. The summed E-state index contributed by atoms with van der Waals surface area (Å²) in [5, 5.41) is 11.1. The fourth-order valence-corrected chi connectivity index (χ4v) is 3.31. The van der Waals surface area contributed by atoms with Crippen LogP contribution in [0.25, 0.3) is 0 Å². The third-order valence-electron chi connectivity index (χ3n) is 4.55. The summed E-state index contributed by atoms with van der Waals surface area (Å²) in [4.78, 5) is 11.6. The summed E-state index contributed by atoms with van der Waals surface area (Å²) in [6.45, 7) is 2.24. The number of hydrogen-bond acceptors (Lipinski definition) is 4. The van der Waals surface area contributed by atoms with Crippen LogP contribution >= 0.6 is 0 Å². The van der Waals surface area contributed by atoms with Gasteiger partial charge in [-0.05, 0) is 12.8 Å². The van der Waals surface area contributed by atoms with Crippen molar-refractivity contribution in [3.63, 3.8) is 0 Å². The fourth-order valence-electron chi connectivity index (χ4n) is 2.89. The molecule has 150 valence electrons. The normalized spacial score (nSPS) is 12.6. The Morgan fingerprint density at radius 3 is 1.58 bits per heavy atom. The van der Waals surface area contributed by atoms with E-state index in [2.05, 4.69) is 6.92 Å². The zero-order chi connectivity index (χ0) is 19.0. The maximum atomic E-state index is 11.6. The summed E-state index contributed by atoms with van der Waals surface area (Å²) < 4.78 is 29.7. The number of ketones is 1. The van der Waals surface area contributed by atoms with Gasteiger partial charge in [-0.15, -0.1) is 0 Å². The number of unbranched alkanes of at least 4 members (excludes halogenated alkanes) is 12. The van der Waals surface area contributed by atoms with Crippen LogP contribution in [0.5, 0.6) is 0 Å². The maximum Gasteiger partial charge on any atom is 1.00 e. The SMILES string of the molecule is CCCCCCCCCCCCCCCC(=O)CCC([O-])S(=O)(=O)O.[Na+]. The van der Waals surface area contributed by atoms with Crippen LogP contribution in [0.1, 0.15) is 110 Å². The Morgan fingerprint density at radius 1 is 0.808 bits per heavy atom. The molecule has 0 bridgehead atoms. The van der Waals surface area contributed by atoms with Gasteiger partial charge in [-0.1, -0.05) is 84.0 Å². The second kappa shape index (κ2) is 18.9. The Balaban J connectivity index is 0. The van der Waals surface area contributed by atoms with Crippen LogP contribution < -0.4 is 34.7 Å². The van der Waals surface area contributed by atoms with E-state index < -0.39 is 15.6 Å². The van der Waals surface area contributed by atoms with Crippen LogP contribution in [-0.2, 0) is 14.9 Å². The van der Waals surface area contributed by atoms with Crippen molar-refractivity contribution in [2.24, 2.45) is 0 Å². The van der Waals surface area contributed by atoms with Crippen LogP contribution in [0.3, 0.4) is 0 Å². The summed E-state index contributed by atoms with van der Waals surface area (Å²) in [5.41, 5.74) is -2.09. The molecule has 1 atom stereocenters. The van der Waals surface area contributed by atoms with Gasteiger partial charge in [0.1, 0.15) is 5.78 Å². The minimum atomic E-state index is -4.55. The minimum absolute atomic E-state index is 0. The Bertz CT molecular complexity index is 426. The van der Waals surface area contributed by atoms with E-state index in [4.69, 9.17) is 4.55 Å². The quantitative estimate of drug-likeness (QED) is 0.213. The molecule has 0 fully saturated rings. The van der Waals surface area contributed by atoms with Gasteiger partial charge in [-0.3, -0.25) is 9.35 Å². The first-order valence-electron chi connectivity index (χ1n) is 10.0. The van der Waals surface area contributed by atoms with Gasteiger partial charge in [0, 0.05) is 18.3 Å². The van der Waals surface area contributed by atoms with Crippen molar-refractivity contribution >= 4 is 15.9 Å². The number of Topliss-reactive ketones (excluding diaryl/α,β-unsaturated/α-hetero) is 1. The van der Waals surface area contributed by atoms with Crippen LogP contribution in [0.2, 0.25) is 0 Å². The van der Waals surface area contributed by atoms with Crippen molar-refractivity contribution < 1.29 is 52.4 Å². The number of carbonyl (C=O) groups excluding carboxylic acids is 1. The predicted octanol–water partition coefficient (Wildman–Crippen LogP) is 1.40. The largest absolute Gasteiger partial charge is 1.00 e. The van der Waals surface area contributed by atoms with Crippen molar-refractivity contribution in [3.8, 4) is 0 Å². The third-order valence-corrected chi connectivity index (χ3v) is 5.45. The fraction of sp³-hybridized carbons (Fsp3) is 0.947. The molecule has 0 saturated carbocycles. The van der Waals surface area contributed by atoms with Crippen molar-refractivity contribution in [2.45, 2.75) is 115 Å². The van der Waals surface area contributed by atoms with Gasteiger partial charge in [0.05, 0.1) is 0 Å². The van der Waals surface area contributed by atoms with Gasteiger partial charge < -0.3 is 5.11 Å². The number of carbonyl (C=O) groups is 1. The molecule has 0 heterocycles. The molecule has 0 aliphatic carbocycles. The van der Waals surface area contributed by atoms with Crippen LogP contribution in [0.4, 0.5) is 0 Å². The topological polar surface area (TPSA) is 94.5 Å². The molecule has 26 heavy (non-hydrogen) atoms. The standard InChI is InChI=1S/C19H37O5S.Na/c1-2-3-4-5-6-7-8-9-10-11-12-13-14-15-18(20)16-17-19(21)25(22,23)24;/h19H,2-17H2,1H3,(H,22,23,24);/q-1;+1. The molecule has 7 heteroatoms. The smallest absolute Gasteiger partial charge is 0.839 e. The van der Waals surface area contributed by atoms with Gasteiger partial charge in [0.25, 0.3) is 10.1 Å². The molecule has 0 aromatic heterocycles. The van der Waals surface area contributed by atoms with E-state index in [1.54, 1.807) is 0 Å². The summed E-state index contributed by atoms with van der Waals surface area (Å²) in [6, 6.07) is 0. The van der Waals surface area contributed by atoms with Crippen molar-refractivity contribution in [1.82, 2.24) is 0 Å². The van der Waals surface area contributed by atoms with Gasteiger partial charge >= 0.3 is 29.6 Å². The summed E-state index contributed by atoms with van der Waals surface area (Å²) in [5.74, 6) is -0.0902. The molecule has 1 unspecified atom stereocenters. The molecule has 1 N–H and O–H groups in total. The second-order valence-corrected chi connectivity index (χ2v) is 8.57. The molecule has 0 saturated heterocycles. The molecule has 5 nitrogen and oxygen atoms in total. The van der Waals surface area contributed by atoms with Crippen molar-refractivity contribution in [3.05, 3.63) is 0 Å². The molecule has 0 spiro atoms. The number of hydrogen-bond donors (Lipinski definition) is 1. The minimum Gasteiger partial charge on any atom is -0.839 e. The molecule has 0 aromatic carbocycles. The summed E-state index contributed by atoms with van der Waals surface area (Å²) >= 11 is 0. The first kappa shape index (κ1) is 28.7. The van der Waals surface area contributed by atoms with Crippen LogP contribution in [-0.4, -0.2) is 24.2 Å². The first-order valence-corrected chi connectivity index (χ1v) is 11.5. The zero-order valence-electron chi connectivity index (χ0n) is 16.9. The Morgan fingerprint density at radius 2 is 1.19 bits per heavy atom. The van der Waals surface area contributed by atoms with E-state index >= 15 is 0 Å². The molecule has 0 radical (unpaired) electrons. The van der Waals surface area contributed by atoms with Gasteiger partial charge in [0.15, 0.2) is 0 Å². The average Bonchev–Trinajstić information content (AvgIpc) is 2.56. The number of rotatable bonds is 18. The molecule has 0 aromatic rings. The third kappa shape index (κ3) is 19.3. The van der Waals surface area contributed by atoms with Crippen molar-refractivity contribution in [1.29, 1.82) is 0 Å². The van der Waals surface area contributed by atoms with Gasteiger partial charge in [-0.2, -0.15) is 0 Å².